The first-order valence-corrected chi connectivity index (χ1v) is 10.8. The van der Waals surface area contributed by atoms with Gasteiger partial charge in [0.2, 0.25) is 5.88 Å². The second-order valence-corrected chi connectivity index (χ2v) is 8.37. The minimum absolute atomic E-state index is 0.180. The highest BCUT2D eigenvalue weighted by Gasteiger charge is 2.36. The molecule has 1 aromatic carbocycles. The summed E-state index contributed by atoms with van der Waals surface area (Å²) < 4.78 is 17.0. The first-order valence-electron chi connectivity index (χ1n) is 8.95. The standard InChI is InChI=1S/C20H24Cl2N2O4S/c1-6-29-20-17(22)18(16(21)19(27-5)24(20)23-9-10-25)28-13-7-8-15(26-4)14(11-13)12(2)3/h7-9,11-12,20,23H,6H2,1-5H3. The molecule has 1 aliphatic rings. The van der Waals surface area contributed by atoms with E-state index < -0.39 is 5.37 Å². The zero-order chi connectivity index (χ0) is 21.6. The van der Waals surface area contributed by atoms with E-state index in [4.69, 9.17) is 37.4 Å². The Morgan fingerprint density at radius 2 is 2.03 bits per heavy atom. The van der Waals surface area contributed by atoms with Gasteiger partial charge in [0.05, 0.1) is 19.3 Å². The van der Waals surface area contributed by atoms with Gasteiger partial charge in [-0.1, -0.05) is 44.0 Å². The summed E-state index contributed by atoms with van der Waals surface area (Å²) in [4.78, 5) is 10.7. The highest BCUT2D eigenvalue weighted by atomic mass is 35.5. The maximum atomic E-state index is 10.7. The van der Waals surface area contributed by atoms with Crippen molar-refractivity contribution in [3.8, 4) is 11.5 Å². The Labute approximate surface area is 185 Å². The normalized spacial score (nSPS) is 16.7. The lowest BCUT2D eigenvalue weighted by Crippen LogP contribution is -2.45. The zero-order valence-corrected chi connectivity index (χ0v) is 19.2. The third-order valence-corrected chi connectivity index (χ3v) is 6.03. The summed E-state index contributed by atoms with van der Waals surface area (Å²) in [7, 11) is 3.11. The number of hydrogen-bond donors (Lipinski definition) is 1. The second-order valence-electron chi connectivity index (χ2n) is 6.23. The maximum absolute atomic E-state index is 10.7. The van der Waals surface area contributed by atoms with Crippen molar-refractivity contribution in [2.24, 2.45) is 0 Å². The summed E-state index contributed by atoms with van der Waals surface area (Å²) in [6.07, 6.45) is 1.11. The predicted octanol–water partition coefficient (Wildman–Crippen LogP) is 4.95. The van der Waals surface area contributed by atoms with E-state index in [1.165, 1.54) is 18.9 Å². The van der Waals surface area contributed by atoms with Gasteiger partial charge in [-0.05, 0) is 29.9 Å². The Morgan fingerprint density at radius 1 is 1.31 bits per heavy atom. The SMILES string of the molecule is CCSC1C(Cl)=C(Oc2ccc(OC)c(C(C)C)c2)C(Cl)=C(OC)N1NC=C=O. The van der Waals surface area contributed by atoms with Crippen LogP contribution < -0.4 is 14.9 Å². The van der Waals surface area contributed by atoms with Gasteiger partial charge in [0, 0.05) is 5.56 Å². The lowest BCUT2D eigenvalue weighted by molar-refractivity contribution is 0.118. The molecule has 2 rings (SSSR count). The summed E-state index contributed by atoms with van der Waals surface area (Å²) in [5.74, 6) is 4.60. The van der Waals surface area contributed by atoms with Crippen molar-refractivity contribution in [1.82, 2.24) is 10.4 Å². The smallest absolute Gasteiger partial charge is 0.232 e. The second kappa shape index (κ2) is 10.7. The highest BCUT2D eigenvalue weighted by Crippen LogP contribution is 2.41. The van der Waals surface area contributed by atoms with Crippen molar-refractivity contribution >= 4 is 40.9 Å². The number of hydrazine groups is 1. The molecule has 9 heteroatoms. The number of nitrogens with zero attached hydrogens (tertiary/aromatic N) is 1. The van der Waals surface area contributed by atoms with Crippen LogP contribution in [0.15, 0.2) is 46.1 Å². The summed E-state index contributed by atoms with van der Waals surface area (Å²) in [5, 5.41) is 1.70. The van der Waals surface area contributed by atoms with E-state index in [9.17, 15) is 4.79 Å². The van der Waals surface area contributed by atoms with E-state index in [2.05, 4.69) is 19.3 Å². The van der Waals surface area contributed by atoms with Crippen LogP contribution in [0.2, 0.25) is 0 Å². The van der Waals surface area contributed by atoms with E-state index >= 15 is 0 Å². The first-order chi connectivity index (χ1) is 13.9. The minimum Gasteiger partial charge on any atom is -0.496 e. The maximum Gasteiger partial charge on any atom is 0.232 e. The molecule has 1 N–H and O–H groups in total. The third kappa shape index (κ3) is 5.17. The number of rotatable bonds is 9. The van der Waals surface area contributed by atoms with Gasteiger partial charge in [-0.2, -0.15) is 0 Å². The molecule has 0 aromatic heterocycles. The van der Waals surface area contributed by atoms with Gasteiger partial charge in [-0.3, -0.25) is 5.43 Å². The van der Waals surface area contributed by atoms with Crippen molar-refractivity contribution in [1.29, 1.82) is 0 Å². The number of nitrogens with one attached hydrogen (secondary N) is 1. The first kappa shape index (κ1) is 23.4. The molecule has 1 heterocycles. The van der Waals surface area contributed by atoms with Crippen LogP contribution in [0.3, 0.4) is 0 Å². The third-order valence-electron chi connectivity index (χ3n) is 4.10. The molecule has 158 valence electrons. The number of methoxy groups -OCH3 is 2. The van der Waals surface area contributed by atoms with Crippen molar-refractivity contribution in [2.45, 2.75) is 32.1 Å². The molecular formula is C20H24Cl2N2O4S. The van der Waals surface area contributed by atoms with Crippen LogP contribution >= 0.6 is 35.0 Å². The number of thioether (sulfide) groups is 1. The van der Waals surface area contributed by atoms with E-state index in [-0.39, 0.29) is 16.8 Å². The van der Waals surface area contributed by atoms with Crippen LogP contribution in [-0.4, -0.2) is 36.3 Å². The number of hydrogen-bond acceptors (Lipinski definition) is 7. The number of benzene rings is 1. The summed E-state index contributed by atoms with van der Waals surface area (Å²) in [6, 6.07) is 5.54. The van der Waals surface area contributed by atoms with E-state index in [0.717, 1.165) is 23.3 Å². The summed E-state index contributed by atoms with van der Waals surface area (Å²) in [5.41, 5.74) is 3.80. The van der Waals surface area contributed by atoms with Crippen molar-refractivity contribution in [2.75, 3.05) is 20.0 Å². The van der Waals surface area contributed by atoms with E-state index in [1.54, 1.807) is 24.1 Å². The van der Waals surface area contributed by atoms with Gasteiger partial charge < -0.3 is 14.2 Å². The largest absolute Gasteiger partial charge is 0.496 e. The van der Waals surface area contributed by atoms with Gasteiger partial charge in [0.1, 0.15) is 34.0 Å². The predicted molar refractivity (Wildman–Crippen MR) is 118 cm³/mol. The Morgan fingerprint density at radius 3 is 2.59 bits per heavy atom. The molecule has 0 radical (unpaired) electrons. The lowest BCUT2D eigenvalue weighted by Gasteiger charge is -2.36. The highest BCUT2D eigenvalue weighted by molar-refractivity contribution is 8.00. The van der Waals surface area contributed by atoms with Gasteiger partial charge in [-0.15, -0.1) is 11.8 Å². The molecule has 6 nitrogen and oxygen atoms in total. The number of carbonyl (C=O) groups excluding carboxylic acids is 1. The quantitative estimate of drug-likeness (QED) is 0.525. The molecule has 0 spiro atoms. The fourth-order valence-electron chi connectivity index (χ4n) is 2.79. The zero-order valence-electron chi connectivity index (χ0n) is 16.9. The van der Waals surface area contributed by atoms with Crippen LogP contribution in [0.5, 0.6) is 11.5 Å². The summed E-state index contributed by atoms with van der Waals surface area (Å²) in [6.45, 7) is 6.14. The van der Waals surface area contributed by atoms with Crippen LogP contribution in [-0.2, 0) is 9.53 Å². The molecule has 0 fully saturated rings. The Balaban J connectivity index is 2.50. The number of halogens is 2. The Kier molecular flexibility index (Phi) is 8.65. The van der Waals surface area contributed by atoms with Crippen LogP contribution in [0.4, 0.5) is 0 Å². The van der Waals surface area contributed by atoms with E-state index in [1.807, 2.05) is 19.1 Å². The van der Waals surface area contributed by atoms with E-state index in [0.29, 0.717) is 16.5 Å². The van der Waals surface area contributed by atoms with Gasteiger partial charge in [0.25, 0.3) is 0 Å². The summed E-state index contributed by atoms with van der Waals surface area (Å²) >= 11 is 14.7. The molecule has 0 saturated carbocycles. The van der Waals surface area contributed by atoms with Crippen LogP contribution in [0, 0.1) is 0 Å². The molecule has 0 amide bonds. The van der Waals surface area contributed by atoms with Gasteiger partial charge >= 0.3 is 0 Å². The van der Waals surface area contributed by atoms with Gasteiger partial charge in [-0.25, -0.2) is 9.80 Å². The fraction of sp³-hybridized carbons (Fsp3) is 0.400. The molecule has 0 aliphatic carbocycles. The average Bonchev–Trinajstić information content (AvgIpc) is 2.71. The van der Waals surface area contributed by atoms with Crippen LogP contribution in [0.25, 0.3) is 0 Å². The van der Waals surface area contributed by atoms with Crippen molar-refractivity contribution in [3.63, 3.8) is 0 Å². The van der Waals surface area contributed by atoms with Gasteiger partial charge in [0.15, 0.2) is 5.76 Å². The Hall–Kier alpha value is -1.92. The topological polar surface area (TPSA) is 60.0 Å². The fourth-order valence-corrected chi connectivity index (χ4v) is 4.45. The minimum atomic E-state index is -0.415. The number of allylic oxidation sites excluding steroid dienone is 1. The molecular weight excluding hydrogens is 435 g/mol. The lowest BCUT2D eigenvalue weighted by atomic mass is 10.0. The molecule has 1 unspecified atom stereocenters. The van der Waals surface area contributed by atoms with Crippen LogP contribution in [0.1, 0.15) is 32.3 Å². The average molecular weight is 459 g/mol. The molecule has 1 aliphatic heterocycles. The molecule has 0 bridgehead atoms. The molecule has 29 heavy (non-hydrogen) atoms. The molecule has 1 aromatic rings. The Bertz CT molecular complexity index is 851. The number of ether oxygens (including phenoxy) is 3. The van der Waals surface area contributed by atoms with Crippen molar-refractivity contribution < 1.29 is 19.0 Å². The molecule has 1 atom stereocenters. The van der Waals surface area contributed by atoms with Crippen molar-refractivity contribution in [3.05, 3.63) is 51.7 Å². The molecule has 0 saturated heterocycles. The monoisotopic (exact) mass is 458 g/mol.